The Hall–Kier alpha value is -1.20. The molecule has 0 aromatic carbocycles. The van der Waals surface area contributed by atoms with Crippen molar-refractivity contribution in [3.05, 3.63) is 23.6 Å². The summed E-state index contributed by atoms with van der Waals surface area (Å²) in [6, 6.07) is 0. The molecule has 0 spiro atoms. The maximum Gasteiger partial charge on any atom is 0.253 e. The van der Waals surface area contributed by atoms with Crippen LogP contribution < -0.4 is 5.32 Å². The van der Waals surface area contributed by atoms with Crippen LogP contribution in [-0.2, 0) is 9.53 Å². The van der Waals surface area contributed by atoms with E-state index in [1.54, 1.807) is 6.08 Å². The fourth-order valence-corrected chi connectivity index (χ4v) is 2.43. The van der Waals surface area contributed by atoms with Gasteiger partial charge in [-0.25, -0.2) is 4.39 Å². The molecular formula is C15H23FN2O2. The highest BCUT2D eigenvalue weighted by molar-refractivity contribution is 5.97. The predicted molar refractivity (Wildman–Crippen MR) is 75.9 cm³/mol. The van der Waals surface area contributed by atoms with Crippen molar-refractivity contribution in [3.63, 3.8) is 0 Å². The number of halogens is 1. The number of carbonyl (C=O) groups excluding carboxylic acids is 1. The van der Waals surface area contributed by atoms with E-state index in [1.165, 1.54) is 6.08 Å². The van der Waals surface area contributed by atoms with Crippen molar-refractivity contribution in [1.29, 1.82) is 0 Å². The Labute approximate surface area is 119 Å². The highest BCUT2D eigenvalue weighted by Crippen LogP contribution is 2.23. The molecule has 0 aromatic rings. The molecule has 5 heteroatoms. The first-order valence-electron chi connectivity index (χ1n) is 7.33. The third-order valence-corrected chi connectivity index (χ3v) is 3.67. The Bertz CT molecular complexity index is 401. The number of allylic oxidation sites excluding steroid dienone is 2. The number of morpholine rings is 1. The summed E-state index contributed by atoms with van der Waals surface area (Å²) >= 11 is 0. The molecule has 1 aliphatic carbocycles. The highest BCUT2D eigenvalue weighted by Gasteiger charge is 2.19. The lowest BCUT2D eigenvalue weighted by Crippen LogP contribution is -2.38. The first-order valence-corrected chi connectivity index (χ1v) is 7.33. The summed E-state index contributed by atoms with van der Waals surface area (Å²) in [6.45, 7) is 6.94. The van der Waals surface area contributed by atoms with Crippen molar-refractivity contribution in [2.75, 3.05) is 39.4 Å². The normalized spacial score (nSPS) is 24.0. The van der Waals surface area contributed by atoms with Gasteiger partial charge >= 0.3 is 0 Å². The van der Waals surface area contributed by atoms with Crippen LogP contribution in [0, 0.1) is 5.92 Å². The van der Waals surface area contributed by atoms with E-state index >= 15 is 0 Å². The molecule has 1 aliphatic heterocycles. The fourth-order valence-electron chi connectivity index (χ4n) is 2.43. The van der Waals surface area contributed by atoms with Crippen molar-refractivity contribution in [3.8, 4) is 0 Å². The first kappa shape index (κ1) is 15.2. The van der Waals surface area contributed by atoms with Crippen LogP contribution in [0.4, 0.5) is 4.39 Å². The second kappa shape index (κ2) is 7.55. The van der Waals surface area contributed by atoms with E-state index in [4.69, 9.17) is 4.74 Å². The van der Waals surface area contributed by atoms with Crippen molar-refractivity contribution < 1.29 is 13.9 Å². The Morgan fingerprint density at radius 3 is 2.95 bits per heavy atom. The van der Waals surface area contributed by atoms with Crippen LogP contribution in [0.3, 0.4) is 0 Å². The van der Waals surface area contributed by atoms with Gasteiger partial charge in [0.1, 0.15) is 5.83 Å². The number of nitrogens with zero attached hydrogens (tertiary/aromatic N) is 1. The molecule has 1 unspecified atom stereocenters. The average molecular weight is 282 g/mol. The SMILES string of the molecule is CC1C=C(F)C(C(=O)NCCCN2CCOCC2)=CC1. The molecule has 0 bridgehead atoms. The minimum Gasteiger partial charge on any atom is -0.379 e. The van der Waals surface area contributed by atoms with Gasteiger partial charge in [0.2, 0.25) is 0 Å². The highest BCUT2D eigenvalue weighted by atomic mass is 19.1. The van der Waals surface area contributed by atoms with Gasteiger partial charge in [-0.05, 0) is 31.4 Å². The molecule has 4 nitrogen and oxygen atoms in total. The number of ether oxygens (including phenoxy) is 1. The van der Waals surface area contributed by atoms with Crippen LogP contribution in [-0.4, -0.2) is 50.2 Å². The topological polar surface area (TPSA) is 41.6 Å². The van der Waals surface area contributed by atoms with Crippen LogP contribution in [0.2, 0.25) is 0 Å². The largest absolute Gasteiger partial charge is 0.379 e. The van der Waals surface area contributed by atoms with E-state index in [1.807, 2.05) is 6.92 Å². The van der Waals surface area contributed by atoms with Gasteiger partial charge in [0.25, 0.3) is 5.91 Å². The zero-order chi connectivity index (χ0) is 14.4. The number of nitrogens with one attached hydrogen (secondary N) is 1. The molecule has 1 fully saturated rings. The maximum absolute atomic E-state index is 13.7. The summed E-state index contributed by atoms with van der Waals surface area (Å²) < 4.78 is 18.9. The van der Waals surface area contributed by atoms with Gasteiger partial charge < -0.3 is 10.1 Å². The van der Waals surface area contributed by atoms with Crippen molar-refractivity contribution in [2.24, 2.45) is 5.92 Å². The molecule has 1 saturated heterocycles. The lowest BCUT2D eigenvalue weighted by Gasteiger charge is -2.26. The van der Waals surface area contributed by atoms with E-state index in [0.29, 0.717) is 6.54 Å². The summed E-state index contributed by atoms with van der Waals surface area (Å²) in [4.78, 5) is 14.2. The molecule has 2 rings (SSSR count). The van der Waals surface area contributed by atoms with Crippen LogP contribution in [0.5, 0.6) is 0 Å². The smallest absolute Gasteiger partial charge is 0.253 e. The van der Waals surface area contributed by atoms with Crippen molar-refractivity contribution in [2.45, 2.75) is 19.8 Å². The van der Waals surface area contributed by atoms with Gasteiger partial charge in [0.15, 0.2) is 0 Å². The lowest BCUT2D eigenvalue weighted by molar-refractivity contribution is -0.117. The van der Waals surface area contributed by atoms with Gasteiger partial charge in [-0.15, -0.1) is 0 Å². The summed E-state index contributed by atoms with van der Waals surface area (Å²) in [5, 5.41) is 2.79. The maximum atomic E-state index is 13.7. The molecule has 112 valence electrons. The standard InChI is InChI=1S/C15H23FN2O2/c1-12-3-4-13(14(16)11-12)15(19)17-5-2-6-18-7-9-20-10-8-18/h4,11-12H,2-3,5-10H2,1H3,(H,17,19). The second-order valence-electron chi connectivity index (χ2n) is 5.41. The van der Waals surface area contributed by atoms with Crippen LogP contribution in [0.25, 0.3) is 0 Å². The van der Waals surface area contributed by atoms with Crippen LogP contribution in [0.1, 0.15) is 19.8 Å². The van der Waals surface area contributed by atoms with Crippen LogP contribution >= 0.6 is 0 Å². The first-order chi connectivity index (χ1) is 9.66. The molecule has 0 radical (unpaired) electrons. The number of rotatable bonds is 5. The third-order valence-electron chi connectivity index (χ3n) is 3.67. The number of hydrogen-bond acceptors (Lipinski definition) is 3. The summed E-state index contributed by atoms with van der Waals surface area (Å²) in [5.74, 6) is -0.519. The Morgan fingerprint density at radius 1 is 1.50 bits per heavy atom. The zero-order valence-electron chi connectivity index (χ0n) is 12.0. The van der Waals surface area contributed by atoms with Gasteiger partial charge in [-0.3, -0.25) is 9.69 Å². The van der Waals surface area contributed by atoms with Gasteiger partial charge in [-0.2, -0.15) is 0 Å². The lowest BCUT2D eigenvalue weighted by atomic mass is 9.97. The molecule has 1 atom stereocenters. The monoisotopic (exact) mass is 282 g/mol. The number of amides is 1. The number of carbonyl (C=O) groups is 1. The fraction of sp³-hybridized carbons (Fsp3) is 0.667. The van der Waals surface area contributed by atoms with Crippen LogP contribution in [0.15, 0.2) is 23.6 Å². The minimum atomic E-state index is -0.394. The number of hydrogen-bond donors (Lipinski definition) is 1. The predicted octanol–water partition coefficient (Wildman–Crippen LogP) is 1.64. The van der Waals surface area contributed by atoms with Gasteiger partial charge in [0.05, 0.1) is 18.8 Å². The zero-order valence-corrected chi connectivity index (χ0v) is 12.0. The Morgan fingerprint density at radius 2 is 2.25 bits per heavy atom. The molecule has 1 amide bonds. The molecule has 1 N–H and O–H groups in total. The molecule has 20 heavy (non-hydrogen) atoms. The average Bonchev–Trinajstić information content (AvgIpc) is 2.44. The molecule has 1 heterocycles. The summed E-state index contributed by atoms with van der Waals surface area (Å²) in [7, 11) is 0. The summed E-state index contributed by atoms with van der Waals surface area (Å²) in [5.41, 5.74) is 0.189. The van der Waals surface area contributed by atoms with Crippen molar-refractivity contribution in [1.82, 2.24) is 10.2 Å². The minimum absolute atomic E-state index is 0.174. The van der Waals surface area contributed by atoms with E-state index in [0.717, 1.165) is 45.7 Å². The Balaban J connectivity index is 1.66. The van der Waals surface area contributed by atoms with E-state index in [9.17, 15) is 9.18 Å². The molecule has 2 aliphatic rings. The molecular weight excluding hydrogens is 259 g/mol. The molecule has 0 saturated carbocycles. The van der Waals surface area contributed by atoms with Gasteiger partial charge in [-0.1, -0.05) is 13.0 Å². The Kier molecular flexibility index (Phi) is 5.73. The third kappa shape index (κ3) is 4.42. The quantitative estimate of drug-likeness (QED) is 0.780. The molecule has 0 aromatic heterocycles. The van der Waals surface area contributed by atoms with E-state index in [2.05, 4.69) is 10.2 Å². The van der Waals surface area contributed by atoms with E-state index in [-0.39, 0.29) is 17.4 Å². The van der Waals surface area contributed by atoms with E-state index < -0.39 is 5.83 Å². The summed E-state index contributed by atoms with van der Waals surface area (Å²) in [6.07, 6.45) is 4.81. The van der Waals surface area contributed by atoms with Gasteiger partial charge in [0, 0.05) is 19.6 Å². The second-order valence-corrected chi connectivity index (χ2v) is 5.41. The van der Waals surface area contributed by atoms with Crippen molar-refractivity contribution >= 4 is 5.91 Å².